The largest absolute Gasteiger partial charge is 0.484 e. The Morgan fingerprint density at radius 3 is 2.56 bits per heavy atom. The van der Waals surface area contributed by atoms with Crippen molar-refractivity contribution in [1.82, 2.24) is 15.2 Å². The summed E-state index contributed by atoms with van der Waals surface area (Å²) in [4.78, 5) is 54.4. The Balaban J connectivity index is 1.47. The minimum atomic E-state index is -1.63. The van der Waals surface area contributed by atoms with Crippen molar-refractivity contribution in [2.24, 2.45) is 0 Å². The lowest BCUT2D eigenvalue weighted by atomic mass is 10.0. The fourth-order valence-electron chi connectivity index (χ4n) is 3.34. The van der Waals surface area contributed by atoms with Gasteiger partial charge in [-0.2, -0.15) is 0 Å². The molecule has 0 aliphatic carbocycles. The lowest BCUT2D eigenvalue weighted by Crippen LogP contribution is -2.73. The third kappa shape index (κ3) is 5.18. The summed E-state index contributed by atoms with van der Waals surface area (Å²) in [6.45, 7) is 0.805. The number of likely N-dealkylation sites (tertiary alicyclic amines) is 1. The number of carboxylic acid groups (broad SMARTS) is 1. The second-order valence-corrected chi connectivity index (χ2v) is 10.9. The normalized spacial score (nSPS) is 18.3. The second-order valence-electron chi connectivity index (χ2n) is 7.26. The van der Waals surface area contributed by atoms with E-state index in [0.29, 0.717) is 10.1 Å². The molecule has 1 aromatic heterocycles. The van der Waals surface area contributed by atoms with E-state index in [-0.39, 0.29) is 6.61 Å². The predicted molar refractivity (Wildman–Crippen MR) is 130 cm³/mol. The summed E-state index contributed by atoms with van der Waals surface area (Å²) >= 11 is 1.45. The van der Waals surface area contributed by atoms with Gasteiger partial charge in [0.25, 0.3) is 5.91 Å². The Hall–Kier alpha value is -3.09. The lowest BCUT2D eigenvalue weighted by Gasteiger charge is -2.47. The number of nitrogens with one attached hydrogen (secondary N) is 1. The average molecular weight is 518 g/mol. The molecule has 0 radical (unpaired) electrons. The van der Waals surface area contributed by atoms with Crippen molar-refractivity contribution in [1.29, 1.82) is 0 Å². The minimum Gasteiger partial charge on any atom is -0.484 e. The van der Waals surface area contributed by atoms with E-state index in [0.717, 1.165) is 22.0 Å². The van der Waals surface area contributed by atoms with E-state index in [1.807, 2.05) is 30.3 Å². The number of amides is 2. The molecule has 0 spiro atoms. The summed E-state index contributed by atoms with van der Waals surface area (Å²) in [6, 6.07) is 13.7. The number of carbonyl (C=O) groups excluding carboxylic acids is 3. The van der Waals surface area contributed by atoms with E-state index in [1.54, 1.807) is 24.3 Å². The second kappa shape index (κ2) is 10.5. The smallest absolute Gasteiger partial charge is 0.334 e. The van der Waals surface area contributed by atoms with Crippen molar-refractivity contribution in [3.05, 3.63) is 54.6 Å². The molecule has 2 heterocycles. The Bertz CT molecular complexity index is 1190. The molecule has 34 heavy (non-hydrogen) atoms. The zero-order chi connectivity index (χ0) is 24.2. The summed E-state index contributed by atoms with van der Waals surface area (Å²) in [5.41, 5.74) is 0.826. The number of aromatic nitrogens is 1. The zero-order valence-electron chi connectivity index (χ0n) is 17.7. The molecule has 12 heteroatoms. The molecule has 1 saturated heterocycles. The van der Waals surface area contributed by atoms with Crippen molar-refractivity contribution >= 4 is 66.7 Å². The molecule has 9 nitrogen and oxygen atoms in total. The highest BCUT2D eigenvalue weighted by atomic mass is 33.1. The predicted octanol–water partition coefficient (Wildman–Crippen LogP) is 2.81. The summed E-state index contributed by atoms with van der Waals surface area (Å²) in [5, 5.41) is 11.3. The van der Waals surface area contributed by atoms with E-state index in [9.17, 15) is 24.3 Å². The van der Waals surface area contributed by atoms with Gasteiger partial charge >= 0.3 is 5.97 Å². The van der Waals surface area contributed by atoms with Gasteiger partial charge in [0.05, 0.1) is 10.2 Å². The fourth-order valence-corrected chi connectivity index (χ4v) is 7.30. The summed E-state index contributed by atoms with van der Waals surface area (Å²) in [5.74, 6) is -2.77. The van der Waals surface area contributed by atoms with Crippen LogP contribution in [0.5, 0.6) is 5.75 Å². The van der Waals surface area contributed by atoms with Crippen LogP contribution in [0.3, 0.4) is 0 Å². The molecule has 3 aromatic rings. The van der Waals surface area contributed by atoms with Crippen LogP contribution in [0.1, 0.15) is 6.92 Å². The van der Waals surface area contributed by atoms with Gasteiger partial charge in [0.2, 0.25) is 5.91 Å². The van der Waals surface area contributed by atoms with E-state index in [2.05, 4.69) is 10.3 Å². The summed E-state index contributed by atoms with van der Waals surface area (Å²) in [6.07, 6.45) is 0. The molecule has 2 N–H and O–H groups in total. The van der Waals surface area contributed by atoms with E-state index < -0.39 is 41.0 Å². The number of ketones is 1. The number of carbonyl (C=O) groups is 4. The number of carboxylic acids is 1. The number of hydrogen-bond acceptors (Lipinski definition) is 9. The number of benzene rings is 2. The van der Waals surface area contributed by atoms with Crippen molar-refractivity contribution < 1.29 is 29.0 Å². The number of fused-ring (bicyclic) bond motifs is 1. The number of ether oxygens (including phenoxy) is 1. The number of para-hydroxylation sites is 2. The number of thiazole rings is 1. The highest BCUT2D eigenvalue weighted by Gasteiger charge is 2.55. The number of nitrogens with zero attached hydrogens (tertiary/aromatic N) is 2. The Morgan fingerprint density at radius 1 is 1.18 bits per heavy atom. The third-order valence-electron chi connectivity index (χ3n) is 4.90. The first-order chi connectivity index (χ1) is 16.3. The molecule has 2 amide bonds. The molecule has 1 fully saturated rings. The molecule has 2 aromatic carbocycles. The monoisotopic (exact) mass is 517 g/mol. The Morgan fingerprint density at radius 2 is 1.88 bits per heavy atom. The van der Waals surface area contributed by atoms with Gasteiger partial charge in [0, 0.05) is 0 Å². The van der Waals surface area contributed by atoms with Gasteiger partial charge in [-0.3, -0.25) is 14.4 Å². The lowest BCUT2D eigenvalue weighted by molar-refractivity contribution is -0.164. The quantitative estimate of drug-likeness (QED) is 0.237. The van der Waals surface area contributed by atoms with Crippen molar-refractivity contribution in [3.63, 3.8) is 0 Å². The van der Waals surface area contributed by atoms with Crippen molar-refractivity contribution in [2.75, 3.05) is 6.61 Å². The molecular weight excluding hydrogens is 498 g/mol. The number of hydrogen-bond donors (Lipinski definition) is 2. The average Bonchev–Trinajstić information content (AvgIpc) is 3.24. The van der Waals surface area contributed by atoms with Crippen LogP contribution in [-0.2, 0) is 19.2 Å². The maximum absolute atomic E-state index is 12.8. The van der Waals surface area contributed by atoms with Crippen LogP contribution in [0.4, 0.5) is 0 Å². The maximum atomic E-state index is 12.8. The first-order valence-electron chi connectivity index (χ1n) is 10.1. The fraction of sp³-hybridized carbons (Fsp3) is 0.227. The minimum absolute atomic E-state index is 0.314. The van der Waals surface area contributed by atoms with Gasteiger partial charge in [-0.15, -0.1) is 11.3 Å². The van der Waals surface area contributed by atoms with Crippen LogP contribution in [0.2, 0.25) is 0 Å². The van der Waals surface area contributed by atoms with Crippen molar-refractivity contribution in [3.8, 4) is 5.75 Å². The third-order valence-corrected chi connectivity index (χ3v) is 8.93. The molecule has 176 valence electrons. The first kappa shape index (κ1) is 24.0. The van der Waals surface area contributed by atoms with Crippen molar-refractivity contribution in [2.45, 2.75) is 28.7 Å². The number of aliphatic carboxylic acids is 1. The van der Waals surface area contributed by atoms with Crippen LogP contribution < -0.4 is 10.1 Å². The zero-order valence-corrected chi connectivity index (χ0v) is 20.2. The molecule has 1 aliphatic rings. The van der Waals surface area contributed by atoms with Crippen LogP contribution in [0.15, 0.2) is 58.9 Å². The van der Waals surface area contributed by atoms with Gasteiger partial charge < -0.3 is 20.1 Å². The molecule has 4 rings (SSSR count). The Labute approximate surface area is 206 Å². The van der Waals surface area contributed by atoms with Gasteiger partial charge in [-0.05, 0) is 42.0 Å². The van der Waals surface area contributed by atoms with E-state index in [1.165, 1.54) is 32.9 Å². The maximum Gasteiger partial charge on any atom is 0.334 e. The molecule has 1 unspecified atom stereocenters. The summed E-state index contributed by atoms with van der Waals surface area (Å²) < 4.78 is 7.11. The van der Waals surface area contributed by atoms with Crippen LogP contribution in [-0.4, -0.2) is 62.6 Å². The standard InChI is InChI=1S/C22H19N3O6S3/c1-12(26)18(21(29)30)25-19(28)17(24-16(27)11-31-13-7-3-2-4-8-13)20(25)33-34-22-23-14-9-5-6-10-15(14)32-22/h2-10,17-18,20H,11H2,1H3,(H,24,27)(H,29,30)/t17-,18?,20-/m1/s1. The number of rotatable bonds is 10. The topological polar surface area (TPSA) is 126 Å². The first-order valence-corrected chi connectivity index (χ1v) is 13.1. The molecule has 1 aliphatic heterocycles. The van der Waals surface area contributed by atoms with Gasteiger partial charge in [-0.25, -0.2) is 9.78 Å². The molecule has 0 saturated carbocycles. The van der Waals surface area contributed by atoms with Crippen LogP contribution in [0, 0.1) is 0 Å². The van der Waals surface area contributed by atoms with E-state index >= 15 is 0 Å². The molecular formula is C22H19N3O6S3. The van der Waals surface area contributed by atoms with Gasteiger partial charge in [0.1, 0.15) is 17.2 Å². The number of Topliss-reactive ketones (excluding diaryl/α,β-unsaturated/α-hetero) is 1. The highest BCUT2D eigenvalue weighted by Crippen LogP contribution is 2.44. The Kier molecular flexibility index (Phi) is 7.39. The van der Waals surface area contributed by atoms with Crippen LogP contribution >= 0.6 is 32.9 Å². The van der Waals surface area contributed by atoms with Gasteiger partial charge in [0.15, 0.2) is 22.8 Å². The molecule has 0 bridgehead atoms. The van der Waals surface area contributed by atoms with Crippen LogP contribution in [0.25, 0.3) is 10.2 Å². The molecule has 3 atom stereocenters. The SMILES string of the molecule is CC(=O)C(C(=O)O)N1C(=O)[C@@H](NC(=O)COc2ccccc2)[C@H]1SSc1nc2ccccc2s1. The van der Waals surface area contributed by atoms with E-state index in [4.69, 9.17) is 4.74 Å². The summed E-state index contributed by atoms with van der Waals surface area (Å²) in [7, 11) is 2.43. The van der Waals surface area contributed by atoms with Gasteiger partial charge in [-0.1, -0.05) is 41.1 Å². The number of β-lactam (4-membered cyclic amide) rings is 1. The highest BCUT2D eigenvalue weighted by molar-refractivity contribution is 8.77.